The van der Waals surface area contributed by atoms with Crippen molar-refractivity contribution in [3.63, 3.8) is 0 Å². The van der Waals surface area contributed by atoms with E-state index in [4.69, 9.17) is 16.7 Å². The van der Waals surface area contributed by atoms with Gasteiger partial charge in [-0.15, -0.1) is 12.4 Å². The average molecular weight is 414 g/mol. The lowest BCUT2D eigenvalue weighted by atomic mass is 10.1. The molecule has 28 heavy (non-hydrogen) atoms. The predicted molar refractivity (Wildman–Crippen MR) is 115 cm³/mol. The number of rotatable bonds is 7. The van der Waals surface area contributed by atoms with Crippen LogP contribution >= 0.6 is 24.0 Å². The summed E-state index contributed by atoms with van der Waals surface area (Å²) in [6.07, 6.45) is 7.68. The molecule has 0 spiro atoms. The van der Waals surface area contributed by atoms with Crippen molar-refractivity contribution in [2.75, 3.05) is 6.54 Å². The number of nitrogens with zero attached hydrogens (tertiary/aromatic N) is 4. The van der Waals surface area contributed by atoms with Crippen LogP contribution < -0.4 is 5.32 Å². The van der Waals surface area contributed by atoms with Crippen molar-refractivity contribution in [1.29, 1.82) is 0 Å². The normalized spacial score (nSPS) is 10.6. The Bertz CT molecular complexity index is 980. The molecule has 0 saturated heterocycles. The third-order valence-corrected chi connectivity index (χ3v) is 4.60. The maximum Gasteiger partial charge on any atom is 0.0972 e. The van der Waals surface area contributed by atoms with E-state index in [0.717, 1.165) is 47.2 Å². The van der Waals surface area contributed by atoms with Crippen LogP contribution in [0, 0.1) is 0 Å². The van der Waals surface area contributed by atoms with Gasteiger partial charge in [0.05, 0.1) is 17.7 Å². The molecule has 0 aliphatic carbocycles. The van der Waals surface area contributed by atoms with Crippen LogP contribution in [0.4, 0.5) is 0 Å². The van der Waals surface area contributed by atoms with E-state index in [1.54, 1.807) is 6.20 Å². The van der Waals surface area contributed by atoms with Gasteiger partial charge in [-0.3, -0.25) is 0 Å². The first-order valence-electron chi connectivity index (χ1n) is 8.86. The average Bonchev–Trinajstić information content (AvgIpc) is 3.37. The minimum Gasteiger partial charge on any atom is -0.336 e. The second kappa shape index (κ2) is 9.55. The fourth-order valence-corrected chi connectivity index (χ4v) is 3.08. The Morgan fingerprint density at radius 1 is 1.00 bits per heavy atom. The Morgan fingerprint density at radius 3 is 2.50 bits per heavy atom. The smallest absolute Gasteiger partial charge is 0.0972 e. The number of hydrogen-bond acceptors (Lipinski definition) is 3. The highest BCUT2D eigenvalue weighted by Crippen LogP contribution is 2.25. The van der Waals surface area contributed by atoms with Gasteiger partial charge in [0.1, 0.15) is 0 Å². The number of nitrogens with one attached hydrogen (secondary N) is 1. The molecular formula is C21H21Cl2N5. The van der Waals surface area contributed by atoms with E-state index in [1.807, 2.05) is 59.7 Å². The number of hydrogen-bond donors (Lipinski definition) is 1. The summed E-state index contributed by atoms with van der Waals surface area (Å²) in [7, 11) is 0. The second-order valence-corrected chi connectivity index (χ2v) is 6.70. The molecule has 0 saturated carbocycles. The summed E-state index contributed by atoms with van der Waals surface area (Å²) in [5.74, 6) is 0. The van der Waals surface area contributed by atoms with Gasteiger partial charge in [0.15, 0.2) is 0 Å². The SMILES string of the molecule is Cl.Clc1ccc(-c2nn(-c3ccccc3)cc2CNCCn2ccnc2)cc1. The lowest BCUT2D eigenvalue weighted by Gasteiger charge is -2.06. The summed E-state index contributed by atoms with van der Waals surface area (Å²) in [4.78, 5) is 4.07. The monoisotopic (exact) mass is 413 g/mol. The molecule has 2 aromatic carbocycles. The summed E-state index contributed by atoms with van der Waals surface area (Å²) in [6, 6.07) is 18.0. The zero-order chi connectivity index (χ0) is 18.5. The first-order chi connectivity index (χ1) is 13.3. The summed E-state index contributed by atoms with van der Waals surface area (Å²) in [6.45, 7) is 2.47. The molecule has 0 amide bonds. The van der Waals surface area contributed by atoms with Crippen LogP contribution in [0.1, 0.15) is 5.56 Å². The van der Waals surface area contributed by atoms with E-state index in [2.05, 4.69) is 33.2 Å². The van der Waals surface area contributed by atoms with E-state index in [-0.39, 0.29) is 12.4 Å². The van der Waals surface area contributed by atoms with Crippen molar-refractivity contribution in [3.05, 3.63) is 90.1 Å². The lowest BCUT2D eigenvalue weighted by Crippen LogP contribution is -2.19. The second-order valence-electron chi connectivity index (χ2n) is 6.27. The number of para-hydroxylation sites is 1. The molecule has 0 aliphatic heterocycles. The Hall–Kier alpha value is -2.60. The van der Waals surface area contributed by atoms with Gasteiger partial charge in [-0.05, 0) is 24.3 Å². The third-order valence-electron chi connectivity index (χ3n) is 4.35. The standard InChI is InChI=1S/C21H20ClN5.ClH/c22-19-8-6-17(7-9-19)21-18(14-23-10-12-26-13-11-24-16-26)15-27(25-21)20-4-2-1-3-5-20;/h1-9,11,13,15-16,23H,10,12,14H2;1H. The molecule has 0 aliphatic rings. The molecule has 0 radical (unpaired) electrons. The van der Waals surface area contributed by atoms with E-state index >= 15 is 0 Å². The van der Waals surface area contributed by atoms with Gasteiger partial charge >= 0.3 is 0 Å². The molecule has 7 heteroatoms. The van der Waals surface area contributed by atoms with E-state index < -0.39 is 0 Å². The number of imidazole rings is 1. The quantitative estimate of drug-likeness (QED) is 0.450. The van der Waals surface area contributed by atoms with Crippen molar-refractivity contribution in [2.45, 2.75) is 13.1 Å². The highest BCUT2D eigenvalue weighted by Gasteiger charge is 2.12. The van der Waals surface area contributed by atoms with Crippen LogP contribution in [0.25, 0.3) is 16.9 Å². The minimum atomic E-state index is 0. The van der Waals surface area contributed by atoms with E-state index in [0.29, 0.717) is 0 Å². The number of aromatic nitrogens is 4. The van der Waals surface area contributed by atoms with Crippen molar-refractivity contribution in [3.8, 4) is 16.9 Å². The highest BCUT2D eigenvalue weighted by molar-refractivity contribution is 6.30. The molecule has 2 heterocycles. The Morgan fingerprint density at radius 2 is 1.79 bits per heavy atom. The van der Waals surface area contributed by atoms with Gasteiger partial charge in [0, 0.05) is 54.4 Å². The largest absolute Gasteiger partial charge is 0.336 e. The molecule has 5 nitrogen and oxygen atoms in total. The van der Waals surface area contributed by atoms with Crippen LogP contribution in [0.5, 0.6) is 0 Å². The summed E-state index contributed by atoms with van der Waals surface area (Å²) >= 11 is 6.05. The van der Waals surface area contributed by atoms with Gasteiger partial charge < -0.3 is 9.88 Å². The van der Waals surface area contributed by atoms with Crippen LogP contribution in [0.15, 0.2) is 79.5 Å². The molecule has 0 unspecified atom stereocenters. The predicted octanol–water partition coefficient (Wildman–Crippen LogP) is 4.60. The van der Waals surface area contributed by atoms with Gasteiger partial charge in [-0.25, -0.2) is 9.67 Å². The molecule has 0 atom stereocenters. The maximum absolute atomic E-state index is 6.05. The molecule has 4 aromatic rings. The summed E-state index contributed by atoms with van der Waals surface area (Å²) < 4.78 is 3.98. The van der Waals surface area contributed by atoms with E-state index in [1.165, 1.54) is 0 Å². The first kappa shape index (κ1) is 20.1. The zero-order valence-electron chi connectivity index (χ0n) is 15.2. The van der Waals surface area contributed by atoms with Gasteiger partial charge in [-0.2, -0.15) is 5.10 Å². The summed E-state index contributed by atoms with van der Waals surface area (Å²) in [5, 5.41) is 9.05. The minimum absolute atomic E-state index is 0. The van der Waals surface area contributed by atoms with Gasteiger partial charge in [0.25, 0.3) is 0 Å². The number of halogens is 2. The third kappa shape index (κ3) is 4.81. The number of benzene rings is 2. The molecular weight excluding hydrogens is 393 g/mol. The Labute approximate surface area is 175 Å². The van der Waals surface area contributed by atoms with Gasteiger partial charge in [0.2, 0.25) is 0 Å². The zero-order valence-corrected chi connectivity index (χ0v) is 16.8. The molecule has 144 valence electrons. The van der Waals surface area contributed by atoms with Crippen molar-refractivity contribution in [1.82, 2.24) is 24.6 Å². The lowest BCUT2D eigenvalue weighted by molar-refractivity contribution is 0.597. The topological polar surface area (TPSA) is 47.7 Å². The van der Waals surface area contributed by atoms with Crippen LogP contribution in [-0.2, 0) is 13.1 Å². The molecule has 2 aromatic heterocycles. The van der Waals surface area contributed by atoms with Crippen molar-refractivity contribution in [2.24, 2.45) is 0 Å². The Kier molecular flexibility index (Phi) is 6.87. The highest BCUT2D eigenvalue weighted by atomic mass is 35.5. The fraction of sp³-hybridized carbons (Fsp3) is 0.143. The first-order valence-corrected chi connectivity index (χ1v) is 9.24. The molecule has 0 fully saturated rings. The van der Waals surface area contributed by atoms with Crippen LogP contribution in [0.3, 0.4) is 0 Å². The summed E-state index contributed by atoms with van der Waals surface area (Å²) in [5.41, 5.74) is 4.20. The van der Waals surface area contributed by atoms with Gasteiger partial charge in [-0.1, -0.05) is 41.9 Å². The fourth-order valence-electron chi connectivity index (χ4n) is 2.95. The van der Waals surface area contributed by atoms with Crippen molar-refractivity contribution >= 4 is 24.0 Å². The van der Waals surface area contributed by atoms with Crippen LogP contribution in [-0.4, -0.2) is 25.9 Å². The Balaban J connectivity index is 0.00000225. The van der Waals surface area contributed by atoms with Crippen LogP contribution in [0.2, 0.25) is 5.02 Å². The maximum atomic E-state index is 6.05. The molecule has 0 bridgehead atoms. The van der Waals surface area contributed by atoms with E-state index in [9.17, 15) is 0 Å². The van der Waals surface area contributed by atoms with Crippen molar-refractivity contribution < 1.29 is 0 Å². The molecule has 4 rings (SSSR count). The molecule has 1 N–H and O–H groups in total.